The molecule has 2 aromatic rings. The summed E-state index contributed by atoms with van der Waals surface area (Å²) in [5.74, 6) is 0.301. The molecule has 1 saturated heterocycles. The number of nitro benzene ring substituents is 1. The van der Waals surface area contributed by atoms with Crippen molar-refractivity contribution in [2.75, 3.05) is 19.6 Å². The number of piperidine rings is 1. The van der Waals surface area contributed by atoms with E-state index in [4.69, 9.17) is 0 Å². The summed E-state index contributed by atoms with van der Waals surface area (Å²) in [6.07, 6.45) is 4.76. The van der Waals surface area contributed by atoms with Gasteiger partial charge in [0.2, 0.25) is 0 Å². The summed E-state index contributed by atoms with van der Waals surface area (Å²) in [5.41, 5.74) is 0.627. The second kappa shape index (κ2) is 7.84. The molecular formula is C16H20N6O3. The predicted molar refractivity (Wildman–Crippen MR) is 90.6 cm³/mol. The van der Waals surface area contributed by atoms with Crippen molar-refractivity contribution in [2.24, 2.45) is 5.92 Å². The predicted octanol–water partition coefficient (Wildman–Crippen LogP) is 1.29. The minimum absolute atomic E-state index is 0.0416. The second-order valence-corrected chi connectivity index (χ2v) is 6.08. The van der Waals surface area contributed by atoms with E-state index in [0.717, 1.165) is 19.5 Å². The number of aromatic nitrogens is 3. The first-order chi connectivity index (χ1) is 12.1. The molecule has 9 nitrogen and oxygen atoms in total. The quantitative estimate of drug-likeness (QED) is 0.603. The van der Waals surface area contributed by atoms with E-state index in [2.05, 4.69) is 20.9 Å². The van der Waals surface area contributed by atoms with Crippen molar-refractivity contribution in [1.29, 1.82) is 0 Å². The van der Waals surface area contributed by atoms with Crippen LogP contribution >= 0.6 is 0 Å². The Labute approximate surface area is 144 Å². The van der Waals surface area contributed by atoms with Gasteiger partial charge in [-0.1, -0.05) is 11.3 Å². The van der Waals surface area contributed by atoms with Crippen LogP contribution in [0.3, 0.4) is 0 Å². The number of amides is 1. The zero-order chi connectivity index (χ0) is 17.6. The van der Waals surface area contributed by atoms with Crippen LogP contribution in [0.4, 0.5) is 5.69 Å². The maximum atomic E-state index is 12.2. The summed E-state index contributed by atoms with van der Waals surface area (Å²) in [6, 6.07) is 6.01. The number of nitrogens with zero attached hydrogens (tertiary/aromatic N) is 4. The van der Waals surface area contributed by atoms with Crippen molar-refractivity contribution in [2.45, 2.75) is 19.3 Å². The highest BCUT2D eigenvalue weighted by molar-refractivity contribution is 5.91. The van der Waals surface area contributed by atoms with Crippen LogP contribution in [0.25, 0.3) is 5.69 Å². The van der Waals surface area contributed by atoms with Gasteiger partial charge < -0.3 is 10.6 Å². The number of non-ortho nitro benzene ring substituents is 1. The molecule has 2 N–H and O–H groups in total. The lowest BCUT2D eigenvalue weighted by Gasteiger charge is -2.22. The molecule has 1 aliphatic rings. The van der Waals surface area contributed by atoms with Crippen LogP contribution in [0.15, 0.2) is 30.5 Å². The summed E-state index contributed by atoms with van der Waals surface area (Å²) >= 11 is 0. The van der Waals surface area contributed by atoms with Crippen molar-refractivity contribution >= 4 is 11.6 Å². The van der Waals surface area contributed by atoms with E-state index < -0.39 is 4.92 Å². The van der Waals surface area contributed by atoms with Crippen molar-refractivity contribution in [3.05, 3.63) is 46.3 Å². The molecule has 1 aliphatic heterocycles. The average molecular weight is 344 g/mol. The lowest BCUT2D eigenvalue weighted by molar-refractivity contribution is -0.384. The van der Waals surface area contributed by atoms with E-state index >= 15 is 0 Å². The van der Waals surface area contributed by atoms with Crippen molar-refractivity contribution in [3.63, 3.8) is 0 Å². The molecule has 1 amide bonds. The van der Waals surface area contributed by atoms with Crippen LogP contribution in [0, 0.1) is 16.0 Å². The van der Waals surface area contributed by atoms with Crippen LogP contribution in [-0.2, 0) is 0 Å². The summed E-state index contributed by atoms with van der Waals surface area (Å²) in [5, 5.41) is 24.8. The van der Waals surface area contributed by atoms with Gasteiger partial charge in [0.05, 0.1) is 16.8 Å². The Balaban J connectivity index is 1.57. The molecule has 0 aliphatic carbocycles. The van der Waals surface area contributed by atoms with E-state index in [1.54, 1.807) is 12.1 Å². The number of hydrogen-bond donors (Lipinski definition) is 2. The third-order valence-corrected chi connectivity index (χ3v) is 4.27. The molecule has 132 valence electrons. The number of nitrogens with one attached hydrogen (secondary N) is 2. The zero-order valence-electron chi connectivity index (χ0n) is 13.7. The lowest BCUT2D eigenvalue weighted by atomic mass is 9.96. The van der Waals surface area contributed by atoms with Gasteiger partial charge in [0.15, 0.2) is 5.69 Å². The normalized spacial score (nSPS) is 17.2. The van der Waals surface area contributed by atoms with E-state index in [1.807, 2.05) is 0 Å². The molecule has 1 unspecified atom stereocenters. The van der Waals surface area contributed by atoms with Gasteiger partial charge in [-0.05, 0) is 44.3 Å². The molecular weight excluding hydrogens is 324 g/mol. The molecule has 3 rings (SSSR count). The number of nitro groups is 1. The monoisotopic (exact) mass is 344 g/mol. The van der Waals surface area contributed by atoms with Gasteiger partial charge in [0, 0.05) is 18.7 Å². The Morgan fingerprint density at radius 1 is 1.48 bits per heavy atom. The Morgan fingerprint density at radius 3 is 3.12 bits per heavy atom. The Morgan fingerprint density at radius 2 is 2.36 bits per heavy atom. The van der Waals surface area contributed by atoms with Gasteiger partial charge in [-0.25, -0.2) is 4.68 Å². The molecule has 1 fully saturated rings. The molecule has 0 bridgehead atoms. The maximum absolute atomic E-state index is 12.2. The second-order valence-electron chi connectivity index (χ2n) is 6.08. The van der Waals surface area contributed by atoms with Crippen LogP contribution in [0.2, 0.25) is 0 Å². The third-order valence-electron chi connectivity index (χ3n) is 4.27. The standard InChI is InChI=1S/C16H20N6O3/c23-16(18-8-6-12-3-2-7-17-10-12)15-11-21(20-19-15)13-4-1-5-14(9-13)22(24)25/h1,4-5,9,11-12,17H,2-3,6-8,10H2,(H,18,23). The Kier molecular flexibility index (Phi) is 5.34. The average Bonchev–Trinajstić information content (AvgIpc) is 3.13. The summed E-state index contributed by atoms with van der Waals surface area (Å²) in [6.45, 7) is 2.66. The molecule has 25 heavy (non-hydrogen) atoms. The summed E-state index contributed by atoms with van der Waals surface area (Å²) in [7, 11) is 0. The Bertz CT molecular complexity index is 754. The SMILES string of the molecule is O=C(NCCC1CCCNC1)c1cn(-c2cccc([N+](=O)[O-])c2)nn1. The summed E-state index contributed by atoms with van der Waals surface area (Å²) < 4.78 is 1.35. The first-order valence-electron chi connectivity index (χ1n) is 8.29. The fraction of sp³-hybridized carbons (Fsp3) is 0.438. The van der Waals surface area contributed by atoms with Gasteiger partial charge in [-0.15, -0.1) is 5.10 Å². The fourth-order valence-electron chi connectivity index (χ4n) is 2.89. The first kappa shape index (κ1) is 17.0. The smallest absolute Gasteiger partial charge is 0.273 e. The highest BCUT2D eigenvalue weighted by Crippen LogP contribution is 2.16. The lowest BCUT2D eigenvalue weighted by Crippen LogP contribution is -2.33. The Hall–Kier alpha value is -2.81. The van der Waals surface area contributed by atoms with E-state index in [9.17, 15) is 14.9 Å². The molecule has 9 heteroatoms. The zero-order valence-corrected chi connectivity index (χ0v) is 13.7. The van der Waals surface area contributed by atoms with Crippen LogP contribution in [-0.4, -0.2) is 45.5 Å². The molecule has 0 spiro atoms. The highest BCUT2D eigenvalue weighted by atomic mass is 16.6. The highest BCUT2D eigenvalue weighted by Gasteiger charge is 2.15. The van der Waals surface area contributed by atoms with Crippen molar-refractivity contribution in [3.8, 4) is 5.69 Å². The number of benzene rings is 1. The number of hydrogen-bond acceptors (Lipinski definition) is 6. The van der Waals surface area contributed by atoms with E-state index in [0.29, 0.717) is 18.2 Å². The minimum Gasteiger partial charge on any atom is -0.351 e. The van der Waals surface area contributed by atoms with E-state index in [-0.39, 0.29) is 17.3 Å². The molecule has 0 saturated carbocycles. The van der Waals surface area contributed by atoms with E-state index in [1.165, 1.54) is 35.9 Å². The summed E-state index contributed by atoms with van der Waals surface area (Å²) in [4.78, 5) is 22.5. The fourth-order valence-corrected chi connectivity index (χ4v) is 2.89. The third kappa shape index (κ3) is 4.38. The van der Waals surface area contributed by atoms with Gasteiger partial charge in [-0.3, -0.25) is 14.9 Å². The van der Waals surface area contributed by atoms with Gasteiger partial charge >= 0.3 is 0 Å². The van der Waals surface area contributed by atoms with Gasteiger partial charge in [0.25, 0.3) is 11.6 Å². The molecule has 0 radical (unpaired) electrons. The molecule has 1 aromatic heterocycles. The molecule has 1 aromatic carbocycles. The molecule has 1 atom stereocenters. The van der Waals surface area contributed by atoms with Gasteiger partial charge in [0.1, 0.15) is 0 Å². The van der Waals surface area contributed by atoms with Gasteiger partial charge in [-0.2, -0.15) is 0 Å². The largest absolute Gasteiger partial charge is 0.351 e. The minimum atomic E-state index is -0.478. The van der Waals surface area contributed by atoms with Crippen LogP contribution < -0.4 is 10.6 Å². The first-order valence-corrected chi connectivity index (χ1v) is 8.29. The van der Waals surface area contributed by atoms with Crippen molar-refractivity contribution in [1.82, 2.24) is 25.6 Å². The van der Waals surface area contributed by atoms with Crippen molar-refractivity contribution < 1.29 is 9.72 Å². The number of carbonyl (C=O) groups excluding carboxylic acids is 1. The van der Waals surface area contributed by atoms with Crippen LogP contribution in [0.5, 0.6) is 0 Å². The number of carbonyl (C=O) groups is 1. The maximum Gasteiger partial charge on any atom is 0.273 e. The topological polar surface area (TPSA) is 115 Å². The van der Waals surface area contributed by atoms with Crippen LogP contribution in [0.1, 0.15) is 29.8 Å². The number of rotatable bonds is 6. The molecule has 2 heterocycles.